The van der Waals surface area contributed by atoms with Crippen molar-refractivity contribution in [2.75, 3.05) is 30.8 Å². The maximum absolute atomic E-state index is 12.9. The summed E-state index contributed by atoms with van der Waals surface area (Å²) in [5, 5.41) is 0.116. The molecule has 7 nitrogen and oxygen atoms in total. The number of benzene rings is 1. The van der Waals surface area contributed by atoms with Gasteiger partial charge in [-0.15, -0.1) is 0 Å². The Morgan fingerprint density at radius 3 is 2.02 bits per heavy atom. The summed E-state index contributed by atoms with van der Waals surface area (Å²) in [7, 11) is -3.24. The highest BCUT2D eigenvalue weighted by Gasteiger charge is 2.25. The van der Waals surface area contributed by atoms with E-state index in [9.17, 15) is 18.0 Å². The van der Waals surface area contributed by atoms with Crippen molar-refractivity contribution in [3.8, 4) is 0 Å². The van der Waals surface area contributed by atoms with E-state index in [-0.39, 0.29) is 23.0 Å². The van der Waals surface area contributed by atoms with Crippen molar-refractivity contribution < 1.29 is 18.0 Å². The van der Waals surface area contributed by atoms with Gasteiger partial charge in [-0.2, -0.15) is 0 Å². The van der Waals surface area contributed by atoms with E-state index in [0.717, 1.165) is 49.0 Å². The van der Waals surface area contributed by atoms with Crippen molar-refractivity contribution in [3.05, 3.63) is 46.0 Å². The quantitative estimate of drug-likeness (QED) is 0.0933. The first-order chi connectivity index (χ1) is 21.5. The van der Waals surface area contributed by atoms with Crippen LogP contribution in [0.1, 0.15) is 123 Å². The monoisotopic (exact) mass is 661 g/mol. The molecule has 1 N–H and O–H groups in total. The summed E-state index contributed by atoms with van der Waals surface area (Å²) < 4.78 is 25.4. The van der Waals surface area contributed by atoms with Gasteiger partial charge >= 0.3 is 0 Å². The van der Waals surface area contributed by atoms with Gasteiger partial charge in [0, 0.05) is 43.7 Å². The molecule has 0 saturated carbocycles. The van der Waals surface area contributed by atoms with Gasteiger partial charge in [0.15, 0.2) is 0 Å². The number of hydrogen-bond donors (Lipinski definition) is 1. The van der Waals surface area contributed by atoms with E-state index < -0.39 is 10.0 Å². The number of likely N-dealkylation sites (N-methyl/N-ethyl adjacent to an activating group) is 1. The summed E-state index contributed by atoms with van der Waals surface area (Å²) in [5.74, 6) is -0.230. The van der Waals surface area contributed by atoms with Crippen LogP contribution in [0.25, 0.3) is 0 Å². The largest absolute Gasteiger partial charge is 0.370 e. The van der Waals surface area contributed by atoms with E-state index in [1.807, 2.05) is 32.0 Å². The molecule has 0 saturated heterocycles. The molecule has 0 spiro atoms. The normalized spacial score (nSPS) is 14.8. The molecule has 0 fully saturated rings. The summed E-state index contributed by atoms with van der Waals surface area (Å²) in [5.41, 5.74) is 4.22. The molecular weight excluding hydrogens is 606 g/mol. The number of unbranched alkanes of at least 4 members (excludes halogenated alkanes) is 12. The van der Waals surface area contributed by atoms with Gasteiger partial charge in [0.2, 0.25) is 15.8 Å². The minimum atomic E-state index is -3.24. The van der Waals surface area contributed by atoms with Crippen LogP contribution in [-0.4, -0.2) is 51.6 Å². The van der Waals surface area contributed by atoms with E-state index in [4.69, 9.17) is 16.6 Å². The lowest BCUT2D eigenvalue weighted by Crippen LogP contribution is -2.34. The molecule has 252 valence electrons. The zero-order valence-corrected chi connectivity index (χ0v) is 29.9. The van der Waals surface area contributed by atoms with E-state index >= 15 is 0 Å². The topological polar surface area (TPSA) is 95.9 Å². The zero-order chi connectivity index (χ0) is 33.2. The molecule has 1 aliphatic rings. The van der Waals surface area contributed by atoms with Crippen LogP contribution in [0.4, 0.5) is 11.4 Å². The van der Waals surface area contributed by atoms with Gasteiger partial charge in [0.1, 0.15) is 5.78 Å². The average molecular weight is 662 g/mol. The molecule has 1 aromatic carbocycles. The smallest absolute Gasteiger partial charge is 0.208 e. The minimum absolute atomic E-state index is 0.0617. The summed E-state index contributed by atoms with van der Waals surface area (Å²) >= 11 is 6.44. The molecular formula is C36H56ClN3O4S. The molecule has 45 heavy (non-hydrogen) atoms. The van der Waals surface area contributed by atoms with Crippen molar-refractivity contribution in [3.63, 3.8) is 0 Å². The molecule has 0 heterocycles. The highest BCUT2D eigenvalue weighted by Crippen LogP contribution is 2.30. The van der Waals surface area contributed by atoms with Gasteiger partial charge in [-0.3, -0.25) is 9.59 Å². The Hall–Kier alpha value is -2.29. The van der Waals surface area contributed by atoms with Gasteiger partial charge in [0.05, 0.1) is 22.7 Å². The second-order valence-corrected chi connectivity index (χ2v) is 14.6. The Morgan fingerprint density at radius 2 is 1.49 bits per heavy atom. The summed E-state index contributed by atoms with van der Waals surface area (Å²) in [4.78, 5) is 32.6. The lowest BCUT2D eigenvalue weighted by atomic mass is 9.92. The second kappa shape index (κ2) is 20.8. The van der Waals surface area contributed by atoms with E-state index in [0.29, 0.717) is 36.4 Å². The number of rotatable bonds is 23. The maximum atomic E-state index is 12.9. The number of aliphatic imine (C=N–C) groups is 1. The van der Waals surface area contributed by atoms with Gasteiger partial charge < -0.3 is 4.90 Å². The van der Waals surface area contributed by atoms with Crippen LogP contribution >= 0.6 is 11.6 Å². The first kappa shape index (κ1) is 38.9. The third kappa shape index (κ3) is 14.8. The van der Waals surface area contributed by atoms with Crippen LogP contribution in [0.2, 0.25) is 0 Å². The number of nitrogens with zero attached hydrogens (tertiary/aromatic N) is 2. The van der Waals surface area contributed by atoms with Gasteiger partial charge in [0.25, 0.3) is 0 Å². The molecule has 0 amide bonds. The van der Waals surface area contributed by atoms with Crippen molar-refractivity contribution >= 4 is 50.3 Å². The van der Waals surface area contributed by atoms with Gasteiger partial charge in [-0.05, 0) is 62.6 Å². The number of Topliss-reactive ketones (excluding diaryl/α,β-unsaturated/α-hetero) is 2. The summed E-state index contributed by atoms with van der Waals surface area (Å²) in [6.07, 6.45) is 19.8. The van der Waals surface area contributed by atoms with Gasteiger partial charge in [-0.25, -0.2) is 18.1 Å². The molecule has 9 heteroatoms. The van der Waals surface area contributed by atoms with Crippen LogP contribution in [-0.2, 0) is 19.6 Å². The third-order valence-electron chi connectivity index (χ3n) is 8.38. The summed E-state index contributed by atoms with van der Waals surface area (Å²) in [6, 6.07) is 5.88. The average Bonchev–Trinajstić information content (AvgIpc) is 2.99. The van der Waals surface area contributed by atoms with Crippen molar-refractivity contribution in [2.24, 2.45) is 4.99 Å². The maximum Gasteiger partial charge on any atom is 0.208 e. The van der Waals surface area contributed by atoms with Crippen LogP contribution in [0.15, 0.2) is 45.4 Å². The molecule has 0 unspecified atom stereocenters. The van der Waals surface area contributed by atoms with E-state index in [1.165, 1.54) is 64.2 Å². The number of hydrogen-bond acceptors (Lipinski definition) is 6. The molecule has 0 bridgehead atoms. The van der Waals surface area contributed by atoms with Crippen LogP contribution in [0.3, 0.4) is 0 Å². The van der Waals surface area contributed by atoms with Crippen LogP contribution < -0.4 is 9.62 Å². The highest BCUT2D eigenvalue weighted by atomic mass is 35.5. The molecule has 0 radical (unpaired) electrons. The summed E-state index contributed by atoms with van der Waals surface area (Å²) in [6.45, 7) is 9.59. The standard InChI is InChI=1S/C36H56ClN3O4S/c1-6-8-9-10-11-12-13-14-15-16-17-18-19-20-32(41)26-30-27-34(29(4)35(37)36(30)42)39-33-22-21-31(25-28(33)3)40(7-2)24-23-38-45(5,43)44/h21-22,25,27,38H,6-20,23-24,26H2,1-5H3. The van der Waals surface area contributed by atoms with E-state index in [1.54, 1.807) is 13.0 Å². The minimum Gasteiger partial charge on any atom is -0.370 e. The number of allylic oxidation sites excluding steroid dienone is 4. The lowest BCUT2D eigenvalue weighted by molar-refractivity contribution is -0.120. The number of carbonyl (C=O) groups excluding carboxylic acids is 2. The van der Waals surface area contributed by atoms with E-state index in [2.05, 4.69) is 16.5 Å². The first-order valence-electron chi connectivity index (χ1n) is 17.0. The Morgan fingerprint density at radius 1 is 0.911 bits per heavy atom. The van der Waals surface area contributed by atoms with Crippen LogP contribution in [0, 0.1) is 6.92 Å². The number of anilines is 1. The Bertz CT molecular complexity index is 1320. The van der Waals surface area contributed by atoms with Gasteiger partial charge in [-0.1, -0.05) is 95.6 Å². The highest BCUT2D eigenvalue weighted by molar-refractivity contribution is 7.88. The molecule has 0 aromatic heterocycles. The number of aryl methyl sites for hydroxylation is 1. The molecule has 0 aliphatic heterocycles. The molecule has 2 rings (SSSR count). The SMILES string of the molecule is CCCCCCCCCCCCCCCC(=O)CC1=CC(=Nc2ccc(N(CC)CCNS(C)(=O)=O)cc2C)C(C)=C(Cl)C1=O. The van der Waals surface area contributed by atoms with Crippen molar-refractivity contribution in [1.29, 1.82) is 0 Å². The fourth-order valence-corrected chi connectivity index (χ4v) is 6.26. The Balaban J connectivity index is 1.88. The number of halogens is 1. The molecule has 1 aliphatic carbocycles. The second-order valence-electron chi connectivity index (χ2n) is 12.4. The third-order valence-corrected chi connectivity index (χ3v) is 9.56. The van der Waals surface area contributed by atoms with Crippen LogP contribution in [0.5, 0.6) is 0 Å². The fourth-order valence-electron chi connectivity index (χ4n) is 5.58. The zero-order valence-electron chi connectivity index (χ0n) is 28.4. The molecule has 0 atom stereocenters. The predicted octanol–water partition coefficient (Wildman–Crippen LogP) is 8.91. The number of carbonyl (C=O) groups is 2. The fraction of sp³-hybridized carbons (Fsp3) is 0.639. The lowest BCUT2D eigenvalue weighted by Gasteiger charge is -2.24. The van der Waals surface area contributed by atoms with Crippen molar-refractivity contribution in [1.82, 2.24) is 4.72 Å². The predicted molar refractivity (Wildman–Crippen MR) is 191 cm³/mol. The number of ketones is 2. The molecule has 1 aromatic rings. The Labute approximate surface area is 278 Å². The Kier molecular flexibility index (Phi) is 17.9. The number of sulfonamides is 1. The number of nitrogens with one attached hydrogen (secondary N) is 1. The first-order valence-corrected chi connectivity index (χ1v) is 19.3. The van der Waals surface area contributed by atoms with Crippen molar-refractivity contribution in [2.45, 2.75) is 124 Å².